The van der Waals surface area contributed by atoms with E-state index < -0.39 is 6.36 Å². The smallest absolute Gasteiger partial charge is 0.405 e. The van der Waals surface area contributed by atoms with Crippen molar-refractivity contribution in [3.8, 4) is 5.75 Å². The Labute approximate surface area is 123 Å². The van der Waals surface area contributed by atoms with Crippen molar-refractivity contribution >= 4 is 0 Å². The molecule has 2 atom stereocenters. The lowest BCUT2D eigenvalue weighted by atomic mass is 9.69. The van der Waals surface area contributed by atoms with Crippen molar-refractivity contribution in [3.63, 3.8) is 0 Å². The molecule has 1 N–H and O–H groups in total. The third kappa shape index (κ3) is 4.63. The van der Waals surface area contributed by atoms with Gasteiger partial charge in [0.05, 0.1) is 0 Å². The first-order valence-electron chi connectivity index (χ1n) is 7.25. The molecule has 1 saturated carbocycles. The Bertz CT molecular complexity index is 479. The van der Waals surface area contributed by atoms with Gasteiger partial charge in [0.2, 0.25) is 0 Å². The highest BCUT2D eigenvalue weighted by molar-refractivity contribution is 5.38. The second kappa shape index (κ2) is 5.87. The first kappa shape index (κ1) is 16.1. The maximum atomic E-state index is 12.5. The van der Waals surface area contributed by atoms with Crippen molar-refractivity contribution in [2.24, 2.45) is 5.92 Å². The molecule has 0 amide bonds. The minimum Gasteiger partial charge on any atom is -0.405 e. The highest BCUT2D eigenvalue weighted by Gasteiger charge is 2.37. The number of para-hydroxylation sites is 1. The van der Waals surface area contributed by atoms with Crippen LogP contribution in [-0.2, 0) is 0 Å². The van der Waals surface area contributed by atoms with Gasteiger partial charge < -0.3 is 10.1 Å². The van der Waals surface area contributed by atoms with E-state index in [9.17, 15) is 13.2 Å². The van der Waals surface area contributed by atoms with Crippen LogP contribution in [0.2, 0.25) is 0 Å². The zero-order valence-corrected chi connectivity index (χ0v) is 12.6. The minimum absolute atomic E-state index is 0.0160. The van der Waals surface area contributed by atoms with Gasteiger partial charge in [0.15, 0.2) is 0 Å². The molecule has 0 saturated heterocycles. The Morgan fingerprint density at radius 3 is 2.33 bits per heavy atom. The quantitative estimate of drug-likeness (QED) is 0.886. The second-order valence-electron chi connectivity index (χ2n) is 6.66. The topological polar surface area (TPSA) is 21.3 Å². The molecule has 2 rings (SSSR count). The molecule has 0 radical (unpaired) electrons. The van der Waals surface area contributed by atoms with Crippen LogP contribution in [-0.4, -0.2) is 18.4 Å². The average molecular weight is 301 g/mol. The molecule has 1 aliphatic rings. The molecule has 1 aromatic carbocycles. The minimum atomic E-state index is -4.64. The lowest BCUT2D eigenvalue weighted by Gasteiger charge is -2.39. The van der Waals surface area contributed by atoms with Crippen LogP contribution in [0.1, 0.15) is 45.1 Å². The third-order valence-corrected chi connectivity index (χ3v) is 3.86. The van der Waals surface area contributed by atoms with Crippen molar-refractivity contribution in [2.75, 3.05) is 6.54 Å². The molecular formula is C16H22F3NO. The van der Waals surface area contributed by atoms with Gasteiger partial charge in [0, 0.05) is 5.54 Å². The van der Waals surface area contributed by atoms with Crippen LogP contribution in [0.25, 0.3) is 0 Å². The lowest BCUT2D eigenvalue weighted by Crippen LogP contribution is -2.43. The molecule has 2 nitrogen and oxygen atoms in total. The van der Waals surface area contributed by atoms with E-state index in [4.69, 9.17) is 0 Å². The number of rotatable bonds is 4. The van der Waals surface area contributed by atoms with Crippen LogP contribution >= 0.6 is 0 Å². The van der Waals surface area contributed by atoms with Gasteiger partial charge >= 0.3 is 6.36 Å². The zero-order valence-electron chi connectivity index (χ0n) is 12.6. The first-order chi connectivity index (χ1) is 9.66. The molecule has 0 heterocycles. The number of nitrogens with one attached hydrogen (secondary N) is 1. The molecule has 0 spiro atoms. The Hall–Kier alpha value is -1.23. The average Bonchev–Trinajstić information content (AvgIpc) is 2.27. The summed E-state index contributed by atoms with van der Waals surface area (Å²) in [6.07, 6.45) is -2.69. The van der Waals surface area contributed by atoms with Crippen LogP contribution in [0.15, 0.2) is 24.3 Å². The predicted octanol–water partition coefficient (Wildman–Crippen LogP) is 4.47. The van der Waals surface area contributed by atoms with Gasteiger partial charge in [-0.15, -0.1) is 13.2 Å². The van der Waals surface area contributed by atoms with Crippen molar-refractivity contribution in [2.45, 2.75) is 51.4 Å². The summed E-state index contributed by atoms with van der Waals surface area (Å²) in [7, 11) is 0. The number of benzene rings is 1. The number of ether oxygens (including phenoxy) is 1. The first-order valence-corrected chi connectivity index (χ1v) is 7.25. The molecule has 21 heavy (non-hydrogen) atoms. The number of hydrogen-bond acceptors (Lipinski definition) is 2. The maximum Gasteiger partial charge on any atom is 0.573 e. The number of alkyl halides is 3. The monoisotopic (exact) mass is 301 g/mol. The summed E-state index contributed by atoms with van der Waals surface area (Å²) >= 11 is 0. The summed E-state index contributed by atoms with van der Waals surface area (Å²) in [6.45, 7) is 7.07. The van der Waals surface area contributed by atoms with E-state index in [0.29, 0.717) is 11.5 Å². The van der Waals surface area contributed by atoms with E-state index in [0.717, 1.165) is 19.4 Å². The Morgan fingerprint density at radius 2 is 1.81 bits per heavy atom. The van der Waals surface area contributed by atoms with Crippen molar-refractivity contribution in [1.82, 2.24) is 5.32 Å². The molecule has 1 aromatic rings. The van der Waals surface area contributed by atoms with Gasteiger partial charge in [-0.3, -0.25) is 0 Å². The SMILES string of the molecule is CC(C)(C)NCC1CCC1c1ccccc1OC(F)(F)F. The van der Waals surface area contributed by atoms with Crippen LogP contribution < -0.4 is 10.1 Å². The predicted molar refractivity (Wildman–Crippen MR) is 76.3 cm³/mol. The fourth-order valence-electron chi connectivity index (χ4n) is 2.66. The molecule has 1 fully saturated rings. The van der Waals surface area contributed by atoms with E-state index in [2.05, 4.69) is 30.8 Å². The van der Waals surface area contributed by atoms with E-state index in [-0.39, 0.29) is 17.2 Å². The van der Waals surface area contributed by atoms with Gasteiger partial charge in [0.25, 0.3) is 0 Å². The standard InChI is InChI=1S/C16H22F3NO/c1-15(2,3)20-10-11-8-9-12(11)13-6-4-5-7-14(13)21-16(17,18)19/h4-7,11-12,20H,8-10H2,1-3H3. The Morgan fingerprint density at radius 1 is 1.14 bits per heavy atom. The number of halogens is 3. The summed E-state index contributed by atoms with van der Waals surface area (Å²) in [5.41, 5.74) is 0.684. The fraction of sp³-hybridized carbons (Fsp3) is 0.625. The van der Waals surface area contributed by atoms with Gasteiger partial charge in [-0.05, 0) is 63.6 Å². The summed E-state index contributed by atoms with van der Waals surface area (Å²) in [5.74, 6) is 0.441. The highest BCUT2D eigenvalue weighted by atomic mass is 19.4. The van der Waals surface area contributed by atoms with Gasteiger partial charge in [0.1, 0.15) is 5.75 Å². The molecule has 1 aliphatic carbocycles. The van der Waals surface area contributed by atoms with Gasteiger partial charge in [-0.1, -0.05) is 18.2 Å². The summed E-state index contributed by atoms with van der Waals surface area (Å²) < 4.78 is 41.6. The van der Waals surface area contributed by atoms with E-state index >= 15 is 0 Å². The third-order valence-electron chi connectivity index (χ3n) is 3.86. The van der Waals surface area contributed by atoms with Crippen molar-refractivity contribution in [3.05, 3.63) is 29.8 Å². The van der Waals surface area contributed by atoms with Crippen LogP contribution in [0.4, 0.5) is 13.2 Å². The fourth-order valence-corrected chi connectivity index (χ4v) is 2.66. The Kier molecular flexibility index (Phi) is 4.51. The Balaban J connectivity index is 2.08. The maximum absolute atomic E-state index is 12.5. The van der Waals surface area contributed by atoms with Crippen LogP contribution in [0, 0.1) is 5.92 Å². The van der Waals surface area contributed by atoms with E-state index in [1.165, 1.54) is 6.07 Å². The zero-order chi connectivity index (χ0) is 15.7. The summed E-state index contributed by atoms with van der Waals surface area (Å²) in [4.78, 5) is 0. The summed E-state index contributed by atoms with van der Waals surface area (Å²) in [5, 5.41) is 3.43. The molecule has 0 aromatic heterocycles. The molecule has 0 aliphatic heterocycles. The lowest BCUT2D eigenvalue weighted by molar-refractivity contribution is -0.275. The van der Waals surface area contributed by atoms with Crippen molar-refractivity contribution < 1.29 is 17.9 Å². The largest absolute Gasteiger partial charge is 0.573 e. The van der Waals surface area contributed by atoms with E-state index in [1.54, 1.807) is 18.2 Å². The molecule has 0 bridgehead atoms. The molecule has 5 heteroatoms. The highest BCUT2D eigenvalue weighted by Crippen LogP contribution is 2.46. The van der Waals surface area contributed by atoms with Gasteiger partial charge in [-0.25, -0.2) is 0 Å². The normalized spacial score (nSPS) is 22.8. The van der Waals surface area contributed by atoms with E-state index in [1.807, 2.05) is 0 Å². The summed E-state index contributed by atoms with van der Waals surface area (Å²) in [6, 6.07) is 6.49. The molecule has 2 unspecified atom stereocenters. The second-order valence-corrected chi connectivity index (χ2v) is 6.66. The molecule has 118 valence electrons. The molecular weight excluding hydrogens is 279 g/mol. The van der Waals surface area contributed by atoms with Gasteiger partial charge in [-0.2, -0.15) is 0 Å². The van der Waals surface area contributed by atoms with Crippen LogP contribution in [0.5, 0.6) is 5.75 Å². The van der Waals surface area contributed by atoms with Crippen molar-refractivity contribution in [1.29, 1.82) is 0 Å². The number of hydrogen-bond donors (Lipinski definition) is 1. The van der Waals surface area contributed by atoms with Crippen LogP contribution in [0.3, 0.4) is 0 Å².